The highest BCUT2D eigenvalue weighted by atomic mass is 16.6. The Kier molecular flexibility index (Phi) is 5.17. The molecule has 1 atom stereocenters. The van der Waals surface area contributed by atoms with E-state index in [2.05, 4.69) is 10.2 Å². The van der Waals surface area contributed by atoms with Gasteiger partial charge in [-0.2, -0.15) is 5.10 Å². The van der Waals surface area contributed by atoms with Gasteiger partial charge in [0.2, 0.25) is 0 Å². The number of hydrogen-bond donors (Lipinski definition) is 1. The lowest BCUT2D eigenvalue weighted by atomic mass is 9.76. The van der Waals surface area contributed by atoms with Crippen LogP contribution < -0.4 is 0 Å². The van der Waals surface area contributed by atoms with Crippen LogP contribution in [0.4, 0.5) is 0 Å². The molecule has 0 radical (unpaired) electrons. The Balaban J connectivity index is 1.48. The smallest absolute Gasteiger partial charge is 0.312 e. The van der Waals surface area contributed by atoms with Crippen LogP contribution in [-0.4, -0.2) is 71.7 Å². The SMILES string of the molecule is Cc1[nH]nc(-c2ccccc2)c1C(=O)N1CCC2(CC1)CC(CN(C)C)OC2=O. The standard InChI is InChI=1S/C22H28N4O3/c1-15-18(19(24-23-15)16-7-5-4-6-8-16)20(27)26-11-9-22(10-12-26)13-17(14-25(2)3)29-21(22)28/h4-8,17H,9-14H2,1-3H3,(H,23,24). The van der Waals surface area contributed by atoms with Crippen molar-refractivity contribution in [3.05, 3.63) is 41.6 Å². The van der Waals surface area contributed by atoms with Crippen LogP contribution in [0.5, 0.6) is 0 Å². The summed E-state index contributed by atoms with van der Waals surface area (Å²) in [5, 5.41) is 7.33. The van der Waals surface area contributed by atoms with Crippen molar-refractivity contribution in [2.45, 2.75) is 32.3 Å². The van der Waals surface area contributed by atoms with Crippen LogP contribution in [0.15, 0.2) is 30.3 Å². The molecule has 29 heavy (non-hydrogen) atoms. The van der Waals surface area contributed by atoms with Crippen LogP contribution in [-0.2, 0) is 9.53 Å². The molecule has 1 spiro atoms. The van der Waals surface area contributed by atoms with E-state index >= 15 is 0 Å². The highest BCUT2D eigenvalue weighted by molar-refractivity contribution is 6.01. The summed E-state index contributed by atoms with van der Waals surface area (Å²) in [6.07, 6.45) is 1.99. The van der Waals surface area contributed by atoms with E-state index in [-0.39, 0.29) is 18.0 Å². The van der Waals surface area contributed by atoms with E-state index in [1.807, 2.05) is 61.2 Å². The van der Waals surface area contributed by atoms with Crippen molar-refractivity contribution in [3.8, 4) is 11.3 Å². The van der Waals surface area contributed by atoms with Crippen molar-refractivity contribution in [1.82, 2.24) is 20.0 Å². The molecule has 3 heterocycles. The molecule has 2 saturated heterocycles. The minimum atomic E-state index is -0.439. The number of esters is 1. The number of carbonyl (C=O) groups is 2. The lowest BCUT2D eigenvalue weighted by Gasteiger charge is -2.36. The Morgan fingerprint density at radius 3 is 2.62 bits per heavy atom. The van der Waals surface area contributed by atoms with Crippen molar-refractivity contribution in [1.29, 1.82) is 0 Å². The van der Waals surface area contributed by atoms with E-state index in [1.165, 1.54) is 0 Å². The van der Waals surface area contributed by atoms with Crippen LogP contribution in [0, 0.1) is 12.3 Å². The summed E-state index contributed by atoms with van der Waals surface area (Å²) >= 11 is 0. The first-order valence-electron chi connectivity index (χ1n) is 10.1. The summed E-state index contributed by atoms with van der Waals surface area (Å²) in [6, 6.07) is 9.73. The number of likely N-dealkylation sites (tertiary alicyclic amines) is 1. The third kappa shape index (κ3) is 3.67. The Morgan fingerprint density at radius 2 is 1.97 bits per heavy atom. The van der Waals surface area contributed by atoms with Crippen LogP contribution in [0.3, 0.4) is 0 Å². The van der Waals surface area contributed by atoms with Gasteiger partial charge in [0.15, 0.2) is 0 Å². The summed E-state index contributed by atoms with van der Waals surface area (Å²) in [5.41, 5.74) is 2.54. The Morgan fingerprint density at radius 1 is 1.28 bits per heavy atom. The van der Waals surface area contributed by atoms with Gasteiger partial charge in [-0.05, 0) is 33.9 Å². The number of cyclic esters (lactones) is 1. The van der Waals surface area contributed by atoms with Gasteiger partial charge in [-0.1, -0.05) is 30.3 Å². The monoisotopic (exact) mass is 396 g/mol. The van der Waals surface area contributed by atoms with Crippen molar-refractivity contribution in [2.75, 3.05) is 33.7 Å². The molecular formula is C22H28N4O3. The van der Waals surface area contributed by atoms with E-state index < -0.39 is 5.41 Å². The number of aromatic amines is 1. The maximum absolute atomic E-state index is 13.3. The van der Waals surface area contributed by atoms with E-state index in [1.54, 1.807) is 0 Å². The predicted octanol–water partition coefficient (Wildman–Crippen LogP) is 2.48. The maximum Gasteiger partial charge on any atom is 0.312 e. The summed E-state index contributed by atoms with van der Waals surface area (Å²) < 4.78 is 5.63. The molecule has 4 rings (SSSR count). The van der Waals surface area contributed by atoms with Crippen molar-refractivity contribution in [2.24, 2.45) is 5.41 Å². The number of rotatable bonds is 4. The molecule has 7 nitrogen and oxygen atoms in total. The zero-order valence-electron chi connectivity index (χ0n) is 17.3. The molecule has 1 unspecified atom stereocenters. The van der Waals surface area contributed by atoms with Gasteiger partial charge in [-0.25, -0.2) is 0 Å². The van der Waals surface area contributed by atoms with Crippen molar-refractivity contribution in [3.63, 3.8) is 0 Å². The lowest BCUT2D eigenvalue weighted by molar-refractivity contribution is -0.150. The number of benzene rings is 1. The summed E-state index contributed by atoms with van der Waals surface area (Å²) in [6.45, 7) is 3.73. The number of aromatic nitrogens is 2. The van der Waals surface area contributed by atoms with E-state index in [9.17, 15) is 9.59 Å². The Bertz CT molecular complexity index is 898. The number of nitrogens with zero attached hydrogens (tertiary/aromatic N) is 3. The van der Waals surface area contributed by atoms with Crippen molar-refractivity contribution >= 4 is 11.9 Å². The van der Waals surface area contributed by atoms with Crippen LogP contribution in [0.2, 0.25) is 0 Å². The third-order valence-corrected chi connectivity index (χ3v) is 6.11. The molecule has 2 fully saturated rings. The molecule has 1 N–H and O–H groups in total. The van der Waals surface area contributed by atoms with Gasteiger partial charge in [-0.15, -0.1) is 0 Å². The van der Waals surface area contributed by atoms with Gasteiger partial charge in [0.25, 0.3) is 5.91 Å². The highest BCUT2D eigenvalue weighted by Gasteiger charge is 2.51. The number of carbonyl (C=O) groups excluding carboxylic acids is 2. The largest absolute Gasteiger partial charge is 0.461 e. The number of likely N-dealkylation sites (N-methyl/N-ethyl adjacent to an activating group) is 1. The quantitative estimate of drug-likeness (QED) is 0.804. The number of ether oxygens (including phenoxy) is 1. The van der Waals surface area contributed by atoms with Crippen LogP contribution in [0.1, 0.15) is 35.3 Å². The van der Waals surface area contributed by atoms with Crippen molar-refractivity contribution < 1.29 is 14.3 Å². The van der Waals surface area contributed by atoms with E-state index in [0.717, 1.165) is 24.2 Å². The normalized spacial score (nSPS) is 21.0. The number of nitrogens with one attached hydrogen (secondary N) is 1. The van der Waals surface area contributed by atoms with Crippen LogP contribution in [0.25, 0.3) is 11.3 Å². The number of hydrogen-bond acceptors (Lipinski definition) is 5. The molecule has 2 aromatic rings. The first-order chi connectivity index (χ1) is 13.9. The number of piperidine rings is 1. The van der Waals surface area contributed by atoms with Gasteiger partial charge >= 0.3 is 5.97 Å². The molecule has 0 saturated carbocycles. The zero-order valence-corrected chi connectivity index (χ0v) is 17.3. The van der Waals surface area contributed by atoms with Gasteiger partial charge in [0.05, 0.1) is 11.0 Å². The minimum Gasteiger partial charge on any atom is -0.461 e. The second-order valence-corrected chi connectivity index (χ2v) is 8.50. The first-order valence-corrected chi connectivity index (χ1v) is 10.1. The van der Waals surface area contributed by atoms with Gasteiger partial charge < -0.3 is 14.5 Å². The molecule has 2 aliphatic rings. The molecule has 1 aromatic carbocycles. The summed E-state index contributed by atoms with van der Waals surface area (Å²) in [7, 11) is 3.97. The van der Waals surface area contributed by atoms with Gasteiger partial charge in [0.1, 0.15) is 11.8 Å². The summed E-state index contributed by atoms with van der Waals surface area (Å²) in [4.78, 5) is 29.8. The Labute approximate surface area is 171 Å². The predicted molar refractivity (Wildman–Crippen MR) is 109 cm³/mol. The zero-order chi connectivity index (χ0) is 20.6. The van der Waals surface area contributed by atoms with Gasteiger partial charge in [-0.3, -0.25) is 14.7 Å². The lowest BCUT2D eigenvalue weighted by Crippen LogP contribution is -2.45. The average Bonchev–Trinajstić information content (AvgIpc) is 3.22. The highest BCUT2D eigenvalue weighted by Crippen LogP contribution is 2.43. The molecule has 2 aliphatic heterocycles. The minimum absolute atomic E-state index is 0.0267. The number of aryl methyl sites for hydroxylation is 1. The molecule has 1 aromatic heterocycles. The van der Waals surface area contributed by atoms with Crippen LogP contribution >= 0.6 is 0 Å². The molecule has 7 heteroatoms. The van der Waals surface area contributed by atoms with Gasteiger partial charge in [0, 0.05) is 37.3 Å². The van der Waals surface area contributed by atoms with E-state index in [4.69, 9.17) is 4.74 Å². The summed E-state index contributed by atoms with van der Waals surface area (Å²) in [5.74, 6) is -0.123. The molecule has 0 bridgehead atoms. The topological polar surface area (TPSA) is 78.5 Å². The van der Waals surface area contributed by atoms with E-state index in [0.29, 0.717) is 37.2 Å². The fourth-order valence-electron chi connectivity index (χ4n) is 4.55. The molecule has 1 amide bonds. The Hall–Kier alpha value is -2.67. The second kappa shape index (κ2) is 7.63. The first kappa shape index (κ1) is 19.6. The third-order valence-electron chi connectivity index (χ3n) is 6.11. The number of H-pyrrole nitrogens is 1. The number of amides is 1. The fraction of sp³-hybridized carbons (Fsp3) is 0.500. The maximum atomic E-state index is 13.3. The molecule has 0 aliphatic carbocycles. The molecular weight excluding hydrogens is 368 g/mol. The second-order valence-electron chi connectivity index (χ2n) is 8.50. The average molecular weight is 396 g/mol. The molecule has 154 valence electrons. The fourth-order valence-corrected chi connectivity index (χ4v) is 4.55.